The second-order valence-corrected chi connectivity index (χ2v) is 5.54. The van der Waals surface area contributed by atoms with Crippen LogP contribution in [0.2, 0.25) is 0 Å². The van der Waals surface area contributed by atoms with Gasteiger partial charge in [-0.3, -0.25) is 9.78 Å². The van der Waals surface area contributed by atoms with Crippen molar-refractivity contribution in [3.63, 3.8) is 0 Å². The van der Waals surface area contributed by atoms with Gasteiger partial charge in [0.25, 0.3) is 5.91 Å². The Morgan fingerprint density at radius 2 is 2.14 bits per heavy atom. The number of hydrogen-bond acceptors (Lipinski definition) is 4. The van der Waals surface area contributed by atoms with Gasteiger partial charge in [0.15, 0.2) is 0 Å². The molecule has 118 valence electrons. The van der Waals surface area contributed by atoms with Crippen molar-refractivity contribution < 1.29 is 14.6 Å². The van der Waals surface area contributed by atoms with Gasteiger partial charge < -0.3 is 14.7 Å². The third-order valence-electron chi connectivity index (χ3n) is 3.67. The summed E-state index contributed by atoms with van der Waals surface area (Å²) in [6.45, 7) is 4.06. The number of amides is 1. The molecule has 0 radical (unpaired) electrons. The Labute approximate surface area is 130 Å². The molecule has 1 aromatic heterocycles. The number of aromatic nitrogens is 1. The molecule has 2 aromatic rings. The lowest BCUT2D eigenvalue weighted by Crippen LogP contribution is -2.30. The van der Waals surface area contributed by atoms with Crippen LogP contribution in [-0.2, 0) is 0 Å². The third-order valence-corrected chi connectivity index (χ3v) is 3.67. The molecule has 0 bridgehead atoms. The van der Waals surface area contributed by atoms with E-state index in [4.69, 9.17) is 4.74 Å². The first-order valence-corrected chi connectivity index (χ1v) is 7.31. The zero-order chi connectivity index (χ0) is 16.3. The number of ether oxygens (including phenoxy) is 1. The van der Waals surface area contributed by atoms with Gasteiger partial charge in [-0.25, -0.2) is 0 Å². The van der Waals surface area contributed by atoms with E-state index in [1.165, 1.54) is 0 Å². The van der Waals surface area contributed by atoms with Crippen LogP contribution in [0.15, 0.2) is 24.3 Å². The Balaban J connectivity index is 2.31. The number of aryl methyl sites for hydroxylation is 1. The number of methoxy groups -OCH3 is 1. The molecule has 0 aliphatic carbocycles. The molecule has 1 N–H and O–H groups in total. The molecule has 1 heterocycles. The van der Waals surface area contributed by atoms with Gasteiger partial charge in [0, 0.05) is 25.0 Å². The van der Waals surface area contributed by atoms with Crippen LogP contribution in [0.3, 0.4) is 0 Å². The number of aliphatic hydroxyl groups excluding tert-OH is 1. The summed E-state index contributed by atoms with van der Waals surface area (Å²) in [6.07, 6.45) is 0.137. The van der Waals surface area contributed by atoms with Gasteiger partial charge in [-0.1, -0.05) is 0 Å². The molecular weight excluding hydrogens is 280 g/mol. The molecular formula is C17H22N2O3. The monoisotopic (exact) mass is 302 g/mol. The molecule has 2 rings (SSSR count). The van der Waals surface area contributed by atoms with Crippen molar-refractivity contribution in [1.82, 2.24) is 9.88 Å². The minimum atomic E-state index is -0.418. The van der Waals surface area contributed by atoms with Gasteiger partial charge in [0.2, 0.25) is 0 Å². The number of pyridine rings is 1. The van der Waals surface area contributed by atoms with E-state index >= 15 is 0 Å². The van der Waals surface area contributed by atoms with E-state index in [0.717, 1.165) is 16.7 Å². The summed E-state index contributed by atoms with van der Waals surface area (Å²) in [6, 6.07) is 7.46. The van der Waals surface area contributed by atoms with Crippen molar-refractivity contribution in [2.75, 3.05) is 20.7 Å². The zero-order valence-electron chi connectivity index (χ0n) is 13.5. The number of benzene rings is 1. The Morgan fingerprint density at radius 1 is 1.41 bits per heavy atom. The molecule has 0 saturated carbocycles. The van der Waals surface area contributed by atoms with E-state index in [2.05, 4.69) is 4.98 Å². The first kappa shape index (κ1) is 16.2. The summed E-state index contributed by atoms with van der Waals surface area (Å²) in [4.78, 5) is 18.6. The Kier molecular flexibility index (Phi) is 4.98. The van der Waals surface area contributed by atoms with E-state index in [1.54, 1.807) is 26.0 Å². The minimum Gasteiger partial charge on any atom is -0.497 e. The van der Waals surface area contributed by atoms with Gasteiger partial charge in [0.1, 0.15) is 5.75 Å². The second kappa shape index (κ2) is 6.75. The maximum Gasteiger partial charge on any atom is 0.255 e. The van der Waals surface area contributed by atoms with Gasteiger partial charge in [-0.05, 0) is 38.5 Å². The first-order chi connectivity index (χ1) is 10.4. The lowest BCUT2D eigenvalue weighted by atomic mass is 10.1. The summed E-state index contributed by atoms with van der Waals surface area (Å²) in [5.41, 5.74) is 2.08. The Hall–Kier alpha value is -2.14. The molecule has 1 atom stereocenters. The second-order valence-electron chi connectivity index (χ2n) is 5.54. The van der Waals surface area contributed by atoms with E-state index in [1.807, 2.05) is 31.2 Å². The van der Waals surface area contributed by atoms with E-state index < -0.39 is 6.10 Å². The average Bonchev–Trinajstić information content (AvgIpc) is 2.50. The normalized spacial score (nSPS) is 12.2. The molecule has 1 aromatic carbocycles. The van der Waals surface area contributed by atoms with Crippen LogP contribution in [-0.4, -0.2) is 47.7 Å². The van der Waals surface area contributed by atoms with E-state index in [-0.39, 0.29) is 5.91 Å². The van der Waals surface area contributed by atoms with Gasteiger partial charge >= 0.3 is 0 Å². The van der Waals surface area contributed by atoms with Crippen molar-refractivity contribution >= 4 is 16.8 Å². The first-order valence-electron chi connectivity index (χ1n) is 7.31. The van der Waals surface area contributed by atoms with Crippen LogP contribution < -0.4 is 4.74 Å². The number of rotatable bonds is 5. The highest BCUT2D eigenvalue weighted by atomic mass is 16.5. The van der Waals surface area contributed by atoms with Crippen LogP contribution in [0.1, 0.15) is 29.4 Å². The minimum absolute atomic E-state index is 0.0802. The number of hydrogen-bond donors (Lipinski definition) is 1. The lowest BCUT2D eigenvalue weighted by molar-refractivity contribution is 0.0768. The van der Waals surface area contributed by atoms with Crippen LogP contribution in [0.25, 0.3) is 10.9 Å². The fourth-order valence-electron chi connectivity index (χ4n) is 2.27. The molecule has 22 heavy (non-hydrogen) atoms. The molecule has 5 nitrogen and oxygen atoms in total. The molecule has 1 amide bonds. The summed E-state index contributed by atoms with van der Waals surface area (Å²) < 4.78 is 5.19. The highest BCUT2D eigenvalue weighted by Gasteiger charge is 2.16. The van der Waals surface area contributed by atoms with Gasteiger partial charge in [-0.15, -0.1) is 0 Å². The van der Waals surface area contributed by atoms with Crippen molar-refractivity contribution in [3.8, 4) is 5.75 Å². The summed E-state index contributed by atoms with van der Waals surface area (Å²) in [5.74, 6) is 0.663. The Bertz CT molecular complexity index is 683. The summed E-state index contributed by atoms with van der Waals surface area (Å²) >= 11 is 0. The maximum absolute atomic E-state index is 12.5. The molecule has 0 spiro atoms. The van der Waals surface area contributed by atoms with E-state index in [0.29, 0.717) is 24.2 Å². The number of carbonyl (C=O) groups excluding carboxylic acids is 1. The van der Waals surface area contributed by atoms with Crippen molar-refractivity contribution in [3.05, 3.63) is 35.5 Å². The standard InChI is InChI=1S/C17H22N2O3/c1-11(20)7-8-19(3)17(21)15-9-13-5-6-14(22-4)10-16(13)18-12(15)2/h5-6,9-11,20H,7-8H2,1-4H3. The predicted molar refractivity (Wildman–Crippen MR) is 86.3 cm³/mol. The molecule has 5 heteroatoms. The molecule has 0 fully saturated rings. The fraction of sp³-hybridized carbons (Fsp3) is 0.412. The molecule has 0 aliphatic rings. The maximum atomic E-state index is 12.5. The smallest absolute Gasteiger partial charge is 0.255 e. The molecule has 1 unspecified atom stereocenters. The van der Waals surface area contributed by atoms with E-state index in [9.17, 15) is 9.90 Å². The summed E-state index contributed by atoms with van der Waals surface area (Å²) in [7, 11) is 3.35. The highest BCUT2D eigenvalue weighted by molar-refractivity contribution is 5.98. The number of aliphatic hydroxyl groups is 1. The van der Waals surface area contributed by atoms with Crippen LogP contribution >= 0.6 is 0 Å². The topological polar surface area (TPSA) is 62.7 Å². The SMILES string of the molecule is COc1ccc2cc(C(=O)N(C)CCC(C)O)c(C)nc2c1. The number of fused-ring (bicyclic) bond motifs is 1. The highest BCUT2D eigenvalue weighted by Crippen LogP contribution is 2.22. The van der Waals surface area contributed by atoms with Gasteiger partial charge in [0.05, 0.1) is 30.0 Å². The van der Waals surface area contributed by atoms with Crippen molar-refractivity contribution in [2.24, 2.45) is 0 Å². The summed E-state index contributed by atoms with van der Waals surface area (Å²) in [5, 5.41) is 10.2. The number of carbonyl (C=O) groups is 1. The quantitative estimate of drug-likeness (QED) is 0.921. The lowest BCUT2D eigenvalue weighted by Gasteiger charge is -2.19. The molecule has 0 aliphatic heterocycles. The largest absolute Gasteiger partial charge is 0.497 e. The Morgan fingerprint density at radius 3 is 2.77 bits per heavy atom. The zero-order valence-corrected chi connectivity index (χ0v) is 13.5. The van der Waals surface area contributed by atoms with Gasteiger partial charge in [-0.2, -0.15) is 0 Å². The van der Waals surface area contributed by atoms with Crippen LogP contribution in [0, 0.1) is 6.92 Å². The molecule has 0 saturated heterocycles. The van der Waals surface area contributed by atoms with Crippen molar-refractivity contribution in [2.45, 2.75) is 26.4 Å². The van der Waals surface area contributed by atoms with Crippen molar-refractivity contribution in [1.29, 1.82) is 0 Å². The number of nitrogens with zero attached hydrogens (tertiary/aromatic N) is 2. The van der Waals surface area contributed by atoms with Crippen LogP contribution in [0.4, 0.5) is 0 Å². The fourth-order valence-corrected chi connectivity index (χ4v) is 2.27. The average molecular weight is 302 g/mol. The predicted octanol–water partition coefficient (Wildman–Crippen LogP) is 2.39. The van der Waals surface area contributed by atoms with Crippen LogP contribution in [0.5, 0.6) is 5.75 Å². The third kappa shape index (κ3) is 3.54.